The Morgan fingerprint density at radius 2 is 1.85 bits per heavy atom. The second-order valence-electron chi connectivity index (χ2n) is 3.95. The fourth-order valence-corrected chi connectivity index (χ4v) is 1.65. The highest BCUT2D eigenvalue weighted by atomic mass is 14.1. The van der Waals surface area contributed by atoms with E-state index in [0.29, 0.717) is 0 Å². The van der Waals surface area contributed by atoms with E-state index in [9.17, 15) is 0 Å². The minimum absolute atomic E-state index is 0.803. The molecule has 0 amide bonds. The first-order valence-corrected chi connectivity index (χ1v) is 5.95. The normalized spacial score (nSPS) is 14.6. The molecule has 1 atom stereocenters. The Kier molecular flexibility index (Phi) is 8.18. The molecule has 0 heterocycles. The van der Waals surface area contributed by atoms with E-state index in [1.807, 2.05) is 0 Å². The van der Waals surface area contributed by atoms with Gasteiger partial charge in [-0.3, -0.25) is 0 Å². The lowest BCUT2D eigenvalue weighted by Gasteiger charge is -2.13. The van der Waals surface area contributed by atoms with Crippen LogP contribution in [0.2, 0.25) is 0 Å². The van der Waals surface area contributed by atoms with Crippen LogP contribution in [0.1, 0.15) is 66.2 Å². The summed E-state index contributed by atoms with van der Waals surface area (Å²) >= 11 is 0. The molecule has 0 rings (SSSR count). The van der Waals surface area contributed by atoms with E-state index in [4.69, 9.17) is 0 Å². The summed E-state index contributed by atoms with van der Waals surface area (Å²) in [7, 11) is 0. The fourth-order valence-electron chi connectivity index (χ4n) is 1.65. The van der Waals surface area contributed by atoms with Crippen LogP contribution in [0.4, 0.5) is 0 Å². The van der Waals surface area contributed by atoms with Gasteiger partial charge in [0.2, 0.25) is 0 Å². The third-order valence-corrected chi connectivity index (χ3v) is 2.78. The Hall–Kier alpha value is -0.260. The van der Waals surface area contributed by atoms with Gasteiger partial charge >= 0.3 is 0 Å². The topological polar surface area (TPSA) is 0 Å². The van der Waals surface area contributed by atoms with Crippen molar-refractivity contribution in [3.8, 4) is 0 Å². The van der Waals surface area contributed by atoms with Gasteiger partial charge in [0.1, 0.15) is 0 Å². The van der Waals surface area contributed by atoms with E-state index in [1.165, 1.54) is 38.5 Å². The third-order valence-electron chi connectivity index (χ3n) is 2.78. The Balaban J connectivity index is 3.88. The predicted octanol–water partition coefficient (Wildman–Crippen LogP) is 4.95. The zero-order valence-electron chi connectivity index (χ0n) is 9.90. The van der Waals surface area contributed by atoms with E-state index in [1.54, 1.807) is 5.57 Å². The first-order valence-electron chi connectivity index (χ1n) is 5.95. The van der Waals surface area contributed by atoms with Crippen LogP contribution in [0, 0.1) is 5.92 Å². The molecule has 0 nitrogen and oxygen atoms in total. The Morgan fingerprint density at radius 1 is 1.15 bits per heavy atom. The van der Waals surface area contributed by atoms with Gasteiger partial charge in [-0.1, -0.05) is 52.2 Å². The quantitative estimate of drug-likeness (QED) is 0.386. The molecule has 0 bridgehead atoms. The van der Waals surface area contributed by atoms with Crippen molar-refractivity contribution < 1.29 is 0 Å². The van der Waals surface area contributed by atoms with Gasteiger partial charge in [-0.15, -0.1) is 0 Å². The largest absolute Gasteiger partial charge is 0.0853 e. The predicted molar refractivity (Wildman–Crippen MR) is 62.0 cm³/mol. The molecule has 0 aliphatic heterocycles. The summed E-state index contributed by atoms with van der Waals surface area (Å²) < 4.78 is 0. The third kappa shape index (κ3) is 5.90. The molecule has 0 saturated carbocycles. The van der Waals surface area contributed by atoms with Crippen LogP contribution in [-0.2, 0) is 0 Å². The van der Waals surface area contributed by atoms with Crippen LogP contribution in [0.3, 0.4) is 0 Å². The maximum atomic E-state index is 2.43. The molecule has 0 spiro atoms. The number of allylic oxidation sites excluding steroid dienone is 2. The van der Waals surface area contributed by atoms with Crippen LogP contribution in [0.25, 0.3) is 0 Å². The monoisotopic (exact) mass is 182 g/mol. The van der Waals surface area contributed by atoms with Crippen LogP contribution >= 0.6 is 0 Å². The average Bonchev–Trinajstić information content (AvgIpc) is 2.16. The number of unbranched alkanes of at least 4 members (excludes halogenated alkanes) is 2. The first-order chi connectivity index (χ1) is 6.26. The maximum Gasteiger partial charge on any atom is -0.0234 e. The number of hydrogen-bond acceptors (Lipinski definition) is 0. The lowest BCUT2D eigenvalue weighted by Crippen LogP contribution is -1.98. The molecule has 0 saturated heterocycles. The summed E-state index contributed by atoms with van der Waals surface area (Å²) in [5.41, 5.74) is 1.69. The summed E-state index contributed by atoms with van der Waals surface area (Å²) in [6.07, 6.45) is 10.4. The molecule has 0 heteroatoms. The van der Waals surface area contributed by atoms with Crippen LogP contribution in [-0.4, -0.2) is 0 Å². The molecule has 78 valence electrons. The summed E-state index contributed by atoms with van der Waals surface area (Å²) in [5, 5.41) is 0. The summed E-state index contributed by atoms with van der Waals surface area (Å²) in [4.78, 5) is 0. The Bertz CT molecular complexity index is 133. The zero-order valence-corrected chi connectivity index (χ0v) is 9.90. The van der Waals surface area contributed by atoms with Gasteiger partial charge in [0.25, 0.3) is 0 Å². The van der Waals surface area contributed by atoms with Crippen LogP contribution < -0.4 is 0 Å². The molecule has 0 aliphatic rings. The van der Waals surface area contributed by atoms with E-state index in [0.717, 1.165) is 5.92 Å². The molecular weight excluding hydrogens is 156 g/mol. The van der Waals surface area contributed by atoms with Crippen molar-refractivity contribution in [2.45, 2.75) is 66.2 Å². The maximum absolute atomic E-state index is 2.43. The lowest BCUT2D eigenvalue weighted by molar-refractivity contribution is 0.593. The molecule has 0 aromatic rings. The van der Waals surface area contributed by atoms with Crippen molar-refractivity contribution in [2.24, 2.45) is 5.92 Å². The number of rotatable bonds is 7. The van der Waals surface area contributed by atoms with Gasteiger partial charge in [-0.2, -0.15) is 0 Å². The van der Waals surface area contributed by atoms with E-state index in [-0.39, 0.29) is 0 Å². The highest BCUT2D eigenvalue weighted by molar-refractivity contribution is 5.05. The highest BCUT2D eigenvalue weighted by Gasteiger charge is 2.04. The van der Waals surface area contributed by atoms with Gasteiger partial charge in [-0.25, -0.2) is 0 Å². The first kappa shape index (κ1) is 12.7. The molecule has 0 N–H and O–H groups in total. The van der Waals surface area contributed by atoms with Gasteiger partial charge in [0.15, 0.2) is 0 Å². The number of hydrogen-bond donors (Lipinski definition) is 0. The van der Waals surface area contributed by atoms with Gasteiger partial charge in [-0.05, 0) is 31.6 Å². The molecule has 13 heavy (non-hydrogen) atoms. The molecular formula is C13H26. The Labute approximate surface area is 84.4 Å². The second kappa shape index (κ2) is 8.34. The van der Waals surface area contributed by atoms with Crippen molar-refractivity contribution in [1.29, 1.82) is 0 Å². The lowest BCUT2D eigenvalue weighted by atomic mass is 9.93. The van der Waals surface area contributed by atoms with Gasteiger partial charge in [0, 0.05) is 0 Å². The van der Waals surface area contributed by atoms with Crippen molar-refractivity contribution in [3.63, 3.8) is 0 Å². The van der Waals surface area contributed by atoms with Crippen molar-refractivity contribution >= 4 is 0 Å². The molecule has 1 unspecified atom stereocenters. The smallest absolute Gasteiger partial charge is 0.0234 e. The van der Waals surface area contributed by atoms with E-state index < -0.39 is 0 Å². The van der Waals surface area contributed by atoms with E-state index in [2.05, 4.69) is 33.8 Å². The Morgan fingerprint density at radius 3 is 2.31 bits per heavy atom. The van der Waals surface area contributed by atoms with Crippen LogP contribution in [0.5, 0.6) is 0 Å². The summed E-state index contributed by atoms with van der Waals surface area (Å²) in [6, 6.07) is 0. The zero-order chi connectivity index (χ0) is 10.1. The SMILES string of the molecule is CCC=C(CCCCC)C(C)CC. The van der Waals surface area contributed by atoms with E-state index >= 15 is 0 Å². The average molecular weight is 182 g/mol. The fraction of sp³-hybridized carbons (Fsp3) is 0.846. The molecule has 0 aliphatic carbocycles. The van der Waals surface area contributed by atoms with Crippen molar-refractivity contribution in [1.82, 2.24) is 0 Å². The molecule has 0 aromatic heterocycles. The highest BCUT2D eigenvalue weighted by Crippen LogP contribution is 2.21. The van der Waals surface area contributed by atoms with Crippen molar-refractivity contribution in [2.75, 3.05) is 0 Å². The van der Waals surface area contributed by atoms with Gasteiger partial charge in [0.05, 0.1) is 0 Å². The molecule has 0 fully saturated rings. The summed E-state index contributed by atoms with van der Waals surface area (Å²) in [5.74, 6) is 0.803. The minimum Gasteiger partial charge on any atom is -0.0853 e. The second-order valence-corrected chi connectivity index (χ2v) is 3.95. The van der Waals surface area contributed by atoms with Crippen molar-refractivity contribution in [3.05, 3.63) is 11.6 Å². The minimum atomic E-state index is 0.803. The summed E-state index contributed by atoms with van der Waals surface area (Å²) in [6.45, 7) is 9.15. The van der Waals surface area contributed by atoms with Gasteiger partial charge < -0.3 is 0 Å². The van der Waals surface area contributed by atoms with Crippen LogP contribution in [0.15, 0.2) is 11.6 Å². The standard InChI is InChI=1S/C13H26/c1-5-8-9-11-13(10-6-2)12(4)7-3/h10,12H,5-9,11H2,1-4H3. The molecule has 0 aromatic carbocycles. The molecule has 0 radical (unpaired) electrons.